The van der Waals surface area contributed by atoms with E-state index in [0.717, 1.165) is 16.9 Å². The van der Waals surface area contributed by atoms with Crippen molar-refractivity contribution in [2.75, 3.05) is 7.11 Å². The van der Waals surface area contributed by atoms with Crippen LogP contribution in [0.4, 0.5) is 0 Å². The van der Waals surface area contributed by atoms with Crippen molar-refractivity contribution in [1.29, 1.82) is 0 Å². The molecule has 0 aliphatic carbocycles. The van der Waals surface area contributed by atoms with Gasteiger partial charge in [0.1, 0.15) is 5.76 Å². The third-order valence-electron chi connectivity index (χ3n) is 3.92. The van der Waals surface area contributed by atoms with Gasteiger partial charge in [-0.1, -0.05) is 42.5 Å². The normalized spacial score (nSPS) is 10.6. The average molecular weight is 335 g/mol. The summed E-state index contributed by atoms with van der Waals surface area (Å²) in [5, 5.41) is 0. The quantitative estimate of drug-likeness (QED) is 0.647. The zero-order valence-electron chi connectivity index (χ0n) is 14.2. The van der Waals surface area contributed by atoms with Gasteiger partial charge in [-0.3, -0.25) is 4.79 Å². The third-order valence-corrected chi connectivity index (χ3v) is 3.92. The molecule has 0 unspecified atom stereocenters. The van der Waals surface area contributed by atoms with Crippen molar-refractivity contribution < 1.29 is 13.9 Å². The number of furan rings is 1. The molecule has 0 saturated heterocycles. The summed E-state index contributed by atoms with van der Waals surface area (Å²) in [6, 6.07) is 21.2. The topological polar surface area (TPSA) is 42.7 Å². The molecule has 3 rings (SSSR count). The second-order valence-electron chi connectivity index (χ2n) is 5.86. The first-order valence-electron chi connectivity index (χ1n) is 8.19. The summed E-state index contributed by atoms with van der Waals surface area (Å²) >= 11 is 0. The number of benzene rings is 2. The molecule has 2 aromatic carbocycles. The van der Waals surface area contributed by atoms with Crippen LogP contribution in [0, 0.1) is 0 Å². The Hall–Kier alpha value is -2.85. The average Bonchev–Trinajstić information content (AvgIpc) is 3.15. The molecule has 0 aliphatic rings. The lowest BCUT2D eigenvalue weighted by Crippen LogP contribution is -2.30. The van der Waals surface area contributed by atoms with E-state index in [1.54, 1.807) is 18.3 Å². The molecular weight excluding hydrogens is 314 g/mol. The summed E-state index contributed by atoms with van der Waals surface area (Å²) in [7, 11) is 1.65. The first kappa shape index (κ1) is 17.0. The molecule has 128 valence electrons. The predicted octanol–water partition coefficient (Wildman–Crippen LogP) is 4.27. The van der Waals surface area contributed by atoms with Gasteiger partial charge in [-0.05, 0) is 35.4 Å². The maximum absolute atomic E-state index is 13.1. The van der Waals surface area contributed by atoms with E-state index >= 15 is 0 Å². The summed E-state index contributed by atoms with van der Waals surface area (Å²) in [6.45, 7) is 1.43. The molecule has 0 saturated carbocycles. The molecule has 1 aromatic heterocycles. The molecule has 0 bridgehead atoms. The Morgan fingerprint density at radius 3 is 2.48 bits per heavy atom. The van der Waals surface area contributed by atoms with E-state index in [1.165, 1.54) is 0 Å². The lowest BCUT2D eigenvalue weighted by Gasteiger charge is -2.22. The van der Waals surface area contributed by atoms with Gasteiger partial charge in [0.2, 0.25) is 0 Å². The number of methoxy groups -OCH3 is 1. The molecule has 0 radical (unpaired) electrons. The molecule has 4 heteroatoms. The van der Waals surface area contributed by atoms with Crippen LogP contribution in [0.25, 0.3) is 0 Å². The Balaban J connectivity index is 1.84. The molecule has 0 spiro atoms. The molecule has 0 fully saturated rings. The monoisotopic (exact) mass is 335 g/mol. The molecule has 4 nitrogen and oxygen atoms in total. The third kappa shape index (κ3) is 4.58. The Labute approximate surface area is 147 Å². The minimum Gasteiger partial charge on any atom is -0.467 e. The standard InChI is InChI=1S/C21H21NO3/c1-24-16-18-9-5-10-19(13-18)21(23)22(15-20-11-6-12-25-20)14-17-7-3-2-4-8-17/h2-13H,14-16H2,1H3. The van der Waals surface area contributed by atoms with E-state index in [-0.39, 0.29) is 5.91 Å². The first-order chi connectivity index (χ1) is 12.3. The van der Waals surface area contributed by atoms with Crippen molar-refractivity contribution in [3.05, 3.63) is 95.4 Å². The number of carbonyl (C=O) groups excluding carboxylic acids is 1. The van der Waals surface area contributed by atoms with Crippen LogP contribution in [0.5, 0.6) is 0 Å². The molecule has 25 heavy (non-hydrogen) atoms. The van der Waals surface area contributed by atoms with Crippen LogP contribution in [0.15, 0.2) is 77.4 Å². The smallest absolute Gasteiger partial charge is 0.254 e. The van der Waals surface area contributed by atoms with Gasteiger partial charge < -0.3 is 14.1 Å². The summed E-state index contributed by atoms with van der Waals surface area (Å²) in [5.74, 6) is 0.732. The maximum atomic E-state index is 13.1. The molecule has 0 atom stereocenters. The largest absolute Gasteiger partial charge is 0.467 e. The van der Waals surface area contributed by atoms with Crippen LogP contribution in [-0.4, -0.2) is 17.9 Å². The van der Waals surface area contributed by atoms with E-state index in [1.807, 2.05) is 66.7 Å². The van der Waals surface area contributed by atoms with Crippen molar-refractivity contribution >= 4 is 5.91 Å². The molecule has 3 aromatic rings. The van der Waals surface area contributed by atoms with Crippen molar-refractivity contribution in [2.45, 2.75) is 19.7 Å². The molecule has 0 N–H and O–H groups in total. The number of nitrogens with zero attached hydrogens (tertiary/aromatic N) is 1. The van der Waals surface area contributed by atoms with Crippen LogP contribution in [-0.2, 0) is 24.4 Å². The van der Waals surface area contributed by atoms with Gasteiger partial charge in [0.15, 0.2) is 0 Å². The second kappa shape index (κ2) is 8.31. The maximum Gasteiger partial charge on any atom is 0.254 e. The lowest BCUT2D eigenvalue weighted by atomic mass is 10.1. The van der Waals surface area contributed by atoms with Crippen LogP contribution in [0.1, 0.15) is 27.2 Å². The van der Waals surface area contributed by atoms with Gasteiger partial charge in [0.05, 0.1) is 19.4 Å². The lowest BCUT2D eigenvalue weighted by molar-refractivity contribution is 0.0717. The van der Waals surface area contributed by atoms with Gasteiger partial charge in [-0.25, -0.2) is 0 Å². The molecule has 1 amide bonds. The Morgan fingerprint density at radius 2 is 1.76 bits per heavy atom. The van der Waals surface area contributed by atoms with Gasteiger partial charge >= 0.3 is 0 Å². The van der Waals surface area contributed by atoms with Gasteiger partial charge in [-0.2, -0.15) is 0 Å². The fourth-order valence-corrected chi connectivity index (χ4v) is 2.74. The molecule has 1 heterocycles. The number of amides is 1. The Bertz CT molecular complexity index is 797. The fourth-order valence-electron chi connectivity index (χ4n) is 2.74. The summed E-state index contributed by atoms with van der Waals surface area (Å²) in [5.41, 5.74) is 2.71. The van der Waals surface area contributed by atoms with Gasteiger partial charge in [-0.15, -0.1) is 0 Å². The van der Waals surface area contributed by atoms with Crippen molar-refractivity contribution in [3.63, 3.8) is 0 Å². The van der Waals surface area contributed by atoms with E-state index in [4.69, 9.17) is 9.15 Å². The minimum atomic E-state index is -0.0294. The molecule has 0 aliphatic heterocycles. The SMILES string of the molecule is COCc1cccc(C(=O)N(Cc2ccccc2)Cc2ccco2)c1. The highest BCUT2D eigenvalue weighted by molar-refractivity contribution is 5.94. The van der Waals surface area contributed by atoms with E-state index < -0.39 is 0 Å². The van der Waals surface area contributed by atoms with E-state index in [9.17, 15) is 4.79 Å². The van der Waals surface area contributed by atoms with Crippen LogP contribution in [0.2, 0.25) is 0 Å². The first-order valence-corrected chi connectivity index (χ1v) is 8.19. The van der Waals surface area contributed by atoms with Crippen LogP contribution in [0.3, 0.4) is 0 Å². The summed E-state index contributed by atoms with van der Waals surface area (Å²) in [4.78, 5) is 14.9. The van der Waals surface area contributed by atoms with E-state index in [0.29, 0.717) is 25.3 Å². The van der Waals surface area contributed by atoms with Crippen molar-refractivity contribution in [1.82, 2.24) is 4.90 Å². The minimum absolute atomic E-state index is 0.0294. The van der Waals surface area contributed by atoms with Gasteiger partial charge in [0.25, 0.3) is 5.91 Å². The Kier molecular flexibility index (Phi) is 5.65. The summed E-state index contributed by atoms with van der Waals surface area (Å²) < 4.78 is 10.6. The fraction of sp³-hybridized carbons (Fsp3) is 0.190. The molecular formula is C21H21NO3. The number of hydrogen-bond acceptors (Lipinski definition) is 3. The highest BCUT2D eigenvalue weighted by atomic mass is 16.5. The number of rotatable bonds is 7. The zero-order chi connectivity index (χ0) is 17.5. The van der Waals surface area contributed by atoms with Crippen molar-refractivity contribution in [2.24, 2.45) is 0 Å². The predicted molar refractivity (Wildman–Crippen MR) is 95.9 cm³/mol. The Morgan fingerprint density at radius 1 is 0.960 bits per heavy atom. The zero-order valence-corrected chi connectivity index (χ0v) is 14.2. The number of carbonyl (C=O) groups is 1. The highest BCUT2D eigenvalue weighted by Crippen LogP contribution is 2.16. The van der Waals surface area contributed by atoms with E-state index in [2.05, 4.69) is 0 Å². The number of ether oxygens (including phenoxy) is 1. The van der Waals surface area contributed by atoms with Crippen molar-refractivity contribution in [3.8, 4) is 0 Å². The van der Waals surface area contributed by atoms with Gasteiger partial charge in [0, 0.05) is 19.2 Å². The second-order valence-corrected chi connectivity index (χ2v) is 5.86. The number of hydrogen-bond donors (Lipinski definition) is 0. The summed E-state index contributed by atoms with van der Waals surface area (Å²) in [6.07, 6.45) is 1.62. The van der Waals surface area contributed by atoms with Crippen LogP contribution < -0.4 is 0 Å². The highest BCUT2D eigenvalue weighted by Gasteiger charge is 2.18. The van der Waals surface area contributed by atoms with Crippen LogP contribution >= 0.6 is 0 Å².